The van der Waals surface area contributed by atoms with Crippen molar-refractivity contribution in [2.24, 2.45) is 0 Å². The molecule has 50 heavy (non-hydrogen) atoms. The lowest BCUT2D eigenvalue weighted by atomic mass is 10.0. The second kappa shape index (κ2) is 18.8. The molecular weight excluding hydrogens is 636 g/mol. The van der Waals surface area contributed by atoms with Gasteiger partial charge in [-0.25, -0.2) is 9.59 Å². The van der Waals surface area contributed by atoms with Crippen molar-refractivity contribution in [3.63, 3.8) is 0 Å². The Morgan fingerprint density at radius 2 is 1.40 bits per heavy atom. The third kappa shape index (κ3) is 11.5. The summed E-state index contributed by atoms with van der Waals surface area (Å²) in [5.41, 5.74) is 3.50. The number of esters is 1. The Bertz CT molecular complexity index is 1740. The molecule has 0 aliphatic rings. The number of unbranched alkanes of at least 4 members (excludes halogenated alkanes) is 4. The highest BCUT2D eigenvalue weighted by molar-refractivity contribution is 5.98. The van der Waals surface area contributed by atoms with Crippen molar-refractivity contribution in [1.29, 1.82) is 0 Å². The van der Waals surface area contributed by atoms with E-state index in [4.69, 9.17) is 14.2 Å². The predicted molar refractivity (Wildman–Crippen MR) is 191 cm³/mol. The van der Waals surface area contributed by atoms with Crippen LogP contribution in [0.4, 0.5) is 5.69 Å². The second-order valence-electron chi connectivity index (χ2n) is 12.0. The summed E-state index contributed by atoms with van der Waals surface area (Å²) in [5.74, 6) is -0.782. The largest absolute Gasteiger partial charge is 0.496 e. The Balaban J connectivity index is 1.24. The summed E-state index contributed by atoms with van der Waals surface area (Å²) in [6.45, 7) is 4.72. The van der Waals surface area contributed by atoms with E-state index < -0.39 is 23.9 Å². The van der Waals surface area contributed by atoms with Crippen molar-refractivity contribution < 1.29 is 38.5 Å². The molecule has 0 bridgehead atoms. The van der Waals surface area contributed by atoms with Gasteiger partial charge in [0.05, 0.1) is 25.7 Å². The first kappa shape index (κ1) is 37.2. The van der Waals surface area contributed by atoms with Gasteiger partial charge in [-0.2, -0.15) is 0 Å². The molecule has 4 aromatic rings. The molecule has 0 aliphatic carbocycles. The molecule has 2 amide bonds. The van der Waals surface area contributed by atoms with Crippen LogP contribution in [0.5, 0.6) is 17.2 Å². The van der Waals surface area contributed by atoms with Gasteiger partial charge >= 0.3 is 11.9 Å². The maximum atomic E-state index is 12.9. The lowest BCUT2D eigenvalue weighted by Gasteiger charge is -2.15. The van der Waals surface area contributed by atoms with Gasteiger partial charge in [0.25, 0.3) is 5.91 Å². The topological polar surface area (TPSA) is 140 Å². The molecule has 4 aromatic carbocycles. The summed E-state index contributed by atoms with van der Waals surface area (Å²) in [6.07, 6.45) is 5.93. The standard InChI is InChI=1S/C40H44N2O8/c1-4-5-6-7-8-23-49-33-20-14-31(15-21-33)40(47)50-34-18-9-28(10-19-34)25-35(39(45)46)42-38(44)30-12-16-32(17-13-30)41-37(43)26-29-11-22-36(48-3)27(2)24-29/h9-22,24,35H,4-8,23,25-26H2,1-3H3,(H,41,43)(H,42,44)(H,45,46). The number of ether oxygens (including phenoxy) is 3. The number of aliphatic carboxylic acids is 1. The van der Waals surface area contributed by atoms with E-state index in [9.17, 15) is 24.3 Å². The van der Waals surface area contributed by atoms with E-state index in [1.165, 1.54) is 31.4 Å². The molecule has 0 aromatic heterocycles. The van der Waals surface area contributed by atoms with Crippen LogP contribution in [0.1, 0.15) is 76.4 Å². The molecule has 0 saturated carbocycles. The molecule has 0 radical (unpaired) electrons. The van der Waals surface area contributed by atoms with Crippen LogP contribution in [0.2, 0.25) is 0 Å². The minimum absolute atomic E-state index is 0.00828. The van der Waals surface area contributed by atoms with E-state index in [-0.39, 0.29) is 24.3 Å². The number of carboxylic acid groups (broad SMARTS) is 1. The first-order valence-electron chi connectivity index (χ1n) is 16.8. The van der Waals surface area contributed by atoms with Crippen molar-refractivity contribution in [2.45, 2.75) is 64.8 Å². The van der Waals surface area contributed by atoms with E-state index in [1.54, 1.807) is 67.8 Å². The van der Waals surface area contributed by atoms with Gasteiger partial charge in [-0.1, -0.05) is 56.9 Å². The molecule has 0 heterocycles. The summed E-state index contributed by atoms with van der Waals surface area (Å²) in [6, 6.07) is 23.7. The van der Waals surface area contributed by atoms with Gasteiger partial charge in [-0.15, -0.1) is 0 Å². The Labute approximate surface area is 292 Å². The van der Waals surface area contributed by atoms with Crippen molar-refractivity contribution in [1.82, 2.24) is 5.32 Å². The van der Waals surface area contributed by atoms with Crippen LogP contribution in [-0.2, 0) is 22.4 Å². The first-order valence-corrected chi connectivity index (χ1v) is 16.8. The number of hydrogen-bond acceptors (Lipinski definition) is 7. The van der Waals surface area contributed by atoms with E-state index in [0.717, 1.165) is 29.7 Å². The maximum absolute atomic E-state index is 12.9. The number of aryl methyl sites for hydroxylation is 1. The van der Waals surface area contributed by atoms with Crippen LogP contribution in [0.3, 0.4) is 0 Å². The van der Waals surface area contributed by atoms with Crippen molar-refractivity contribution in [3.05, 3.63) is 119 Å². The third-order valence-corrected chi connectivity index (χ3v) is 8.04. The molecule has 3 N–H and O–H groups in total. The van der Waals surface area contributed by atoms with Gasteiger partial charge in [0.2, 0.25) is 5.91 Å². The smallest absolute Gasteiger partial charge is 0.343 e. The zero-order valence-corrected chi connectivity index (χ0v) is 28.7. The average Bonchev–Trinajstić information content (AvgIpc) is 3.10. The zero-order chi connectivity index (χ0) is 35.9. The summed E-state index contributed by atoms with van der Waals surface area (Å²) >= 11 is 0. The van der Waals surface area contributed by atoms with Crippen molar-refractivity contribution in [2.75, 3.05) is 19.0 Å². The minimum atomic E-state index is -1.21. The van der Waals surface area contributed by atoms with Gasteiger partial charge in [0.1, 0.15) is 23.3 Å². The molecule has 4 rings (SSSR count). The Morgan fingerprint density at radius 3 is 2.04 bits per heavy atom. The second-order valence-corrected chi connectivity index (χ2v) is 12.0. The predicted octanol–water partition coefficient (Wildman–Crippen LogP) is 7.18. The minimum Gasteiger partial charge on any atom is -0.496 e. The first-order chi connectivity index (χ1) is 24.1. The summed E-state index contributed by atoms with van der Waals surface area (Å²) < 4.78 is 16.5. The fourth-order valence-electron chi connectivity index (χ4n) is 5.27. The number of carbonyl (C=O) groups is 4. The number of anilines is 1. The normalized spacial score (nSPS) is 11.3. The highest BCUT2D eigenvalue weighted by Gasteiger charge is 2.21. The van der Waals surface area contributed by atoms with Crippen LogP contribution >= 0.6 is 0 Å². The van der Waals surface area contributed by atoms with Crippen LogP contribution in [0, 0.1) is 6.92 Å². The molecule has 0 saturated heterocycles. The number of amides is 2. The van der Waals surface area contributed by atoms with E-state index in [0.29, 0.717) is 34.9 Å². The zero-order valence-electron chi connectivity index (χ0n) is 28.7. The summed E-state index contributed by atoms with van der Waals surface area (Å²) in [5, 5.41) is 15.2. The molecule has 0 spiro atoms. The van der Waals surface area contributed by atoms with Crippen LogP contribution < -0.4 is 24.8 Å². The van der Waals surface area contributed by atoms with Gasteiger partial charge in [0, 0.05) is 17.7 Å². The molecule has 10 nitrogen and oxygen atoms in total. The Morgan fingerprint density at radius 1 is 0.760 bits per heavy atom. The van der Waals surface area contributed by atoms with E-state index >= 15 is 0 Å². The highest BCUT2D eigenvalue weighted by Crippen LogP contribution is 2.20. The Hall–Kier alpha value is -5.64. The van der Waals surface area contributed by atoms with Crippen LogP contribution in [-0.4, -0.2) is 48.6 Å². The molecule has 1 atom stereocenters. The fourth-order valence-corrected chi connectivity index (χ4v) is 5.27. The SMILES string of the molecule is CCCCCCCOc1ccc(C(=O)Oc2ccc(CC(NC(=O)c3ccc(NC(=O)Cc4ccc(OC)c(C)c4)cc3)C(=O)O)cc2)cc1. The number of methoxy groups -OCH3 is 1. The van der Waals surface area contributed by atoms with Crippen LogP contribution in [0.25, 0.3) is 0 Å². The van der Waals surface area contributed by atoms with Crippen molar-refractivity contribution in [3.8, 4) is 17.2 Å². The Kier molecular flexibility index (Phi) is 14.0. The van der Waals surface area contributed by atoms with Gasteiger partial charge in [-0.3, -0.25) is 9.59 Å². The maximum Gasteiger partial charge on any atom is 0.343 e. The molecular formula is C40H44N2O8. The lowest BCUT2D eigenvalue weighted by Crippen LogP contribution is -2.42. The molecule has 262 valence electrons. The van der Waals surface area contributed by atoms with Crippen molar-refractivity contribution >= 4 is 29.4 Å². The molecule has 0 fully saturated rings. The van der Waals surface area contributed by atoms with Gasteiger partial charge in [0.15, 0.2) is 0 Å². The fraction of sp³-hybridized carbons (Fsp3) is 0.300. The van der Waals surface area contributed by atoms with E-state index in [1.807, 2.05) is 25.1 Å². The number of hydrogen-bond donors (Lipinski definition) is 3. The monoisotopic (exact) mass is 680 g/mol. The summed E-state index contributed by atoms with van der Waals surface area (Å²) in [7, 11) is 1.59. The number of carboxylic acids is 1. The quantitative estimate of drug-likeness (QED) is 0.0571. The third-order valence-electron chi connectivity index (χ3n) is 8.04. The van der Waals surface area contributed by atoms with E-state index in [2.05, 4.69) is 17.6 Å². The lowest BCUT2D eigenvalue weighted by molar-refractivity contribution is -0.139. The highest BCUT2D eigenvalue weighted by atomic mass is 16.5. The molecule has 0 aliphatic heterocycles. The van der Waals surface area contributed by atoms with Crippen LogP contribution in [0.15, 0.2) is 91.0 Å². The number of carbonyl (C=O) groups excluding carboxylic acids is 3. The number of nitrogens with one attached hydrogen (secondary N) is 2. The van der Waals surface area contributed by atoms with Gasteiger partial charge < -0.3 is 30.0 Å². The summed E-state index contributed by atoms with van der Waals surface area (Å²) in [4.78, 5) is 50.1. The number of benzene rings is 4. The molecule has 1 unspecified atom stereocenters. The average molecular weight is 681 g/mol. The molecule has 10 heteroatoms. The van der Waals surface area contributed by atoms with Gasteiger partial charge in [-0.05, 0) is 96.8 Å². The number of rotatable bonds is 18.